The molecule has 2 N–H and O–H groups in total. The number of amides is 1. The van der Waals surface area contributed by atoms with Crippen LogP contribution in [0.15, 0.2) is 0 Å². The summed E-state index contributed by atoms with van der Waals surface area (Å²) in [5, 5.41) is 6.12. The first-order chi connectivity index (χ1) is 6.97. The van der Waals surface area contributed by atoms with Crippen molar-refractivity contribution in [1.82, 2.24) is 10.6 Å². The van der Waals surface area contributed by atoms with Gasteiger partial charge in [0.05, 0.1) is 0 Å². The van der Waals surface area contributed by atoms with E-state index in [2.05, 4.69) is 10.6 Å². The number of carbonyl (C=O) groups is 1. The van der Waals surface area contributed by atoms with Crippen molar-refractivity contribution >= 4 is 6.09 Å². The Kier molecular flexibility index (Phi) is 4.39. The highest BCUT2D eigenvalue weighted by Gasteiger charge is 2.19. The summed E-state index contributed by atoms with van der Waals surface area (Å²) in [6, 6.07) is 0.742. The molecule has 1 fully saturated rings. The maximum Gasteiger partial charge on any atom is 0.407 e. The van der Waals surface area contributed by atoms with Crippen LogP contribution in [0.3, 0.4) is 0 Å². The van der Waals surface area contributed by atoms with Crippen LogP contribution in [0.4, 0.5) is 4.79 Å². The van der Waals surface area contributed by atoms with E-state index in [1.807, 2.05) is 20.8 Å². The van der Waals surface area contributed by atoms with Crippen LogP contribution in [0.1, 0.15) is 40.0 Å². The fraction of sp³-hybridized carbons (Fsp3) is 0.909. The molecule has 0 bridgehead atoms. The minimum atomic E-state index is -0.406. The van der Waals surface area contributed by atoms with Gasteiger partial charge in [0.15, 0.2) is 0 Å². The molecule has 0 atom stereocenters. The van der Waals surface area contributed by atoms with E-state index in [0.717, 1.165) is 19.0 Å². The van der Waals surface area contributed by atoms with Crippen molar-refractivity contribution in [1.29, 1.82) is 0 Å². The van der Waals surface area contributed by atoms with Crippen molar-refractivity contribution in [2.24, 2.45) is 0 Å². The Morgan fingerprint density at radius 3 is 2.53 bits per heavy atom. The summed E-state index contributed by atoms with van der Waals surface area (Å²) in [6.45, 7) is 7.23. The highest BCUT2D eigenvalue weighted by molar-refractivity contribution is 5.67. The van der Waals surface area contributed by atoms with Gasteiger partial charge in [-0.15, -0.1) is 0 Å². The van der Waals surface area contributed by atoms with E-state index in [9.17, 15) is 4.79 Å². The zero-order valence-corrected chi connectivity index (χ0v) is 9.93. The number of ether oxygens (including phenoxy) is 1. The molecule has 0 aromatic rings. The van der Waals surface area contributed by atoms with Crippen LogP contribution in [0, 0.1) is 0 Å². The Balaban J connectivity index is 1.91. The third kappa shape index (κ3) is 7.19. The molecular formula is C11H22N2O2. The van der Waals surface area contributed by atoms with E-state index >= 15 is 0 Å². The molecule has 15 heavy (non-hydrogen) atoms. The Morgan fingerprint density at radius 1 is 1.33 bits per heavy atom. The van der Waals surface area contributed by atoms with Crippen LogP contribution in [0.2, 0.25) is 0 Å². The van der Waals surface area contributed by atoms with Gasteiger partial charge < -0.3 is 15.4 Å². The Morgan fingerprint density at radius 2 is 2.00 bits per heavy atom. The monoisotopic (exact) mass is 214 g/mol. The molecule has 0 unspecified atom stereocenters. The predicted molar refractivity (Wildman–Crippen MR) is 59.9 cm³/mol. The van der Waals surface area contributed by atoms with Crippen LogP contribution >= 0.6 is 0 Å². The molecule has 1 aliphatic carbocycles. The molecule has 1 amide bonds. The van der Waals surface area contributed by atoms with Crippen molar-refractivity contribution in [3.8, 4) is 0 Å². The summed E-state index contributed by atoms with van der Waals surface area (Å²) in [5.41, 5.74) is -0.406. The normalized spacial score (nSPS) is 16.2. The molecular weight excluding hydrogens is 192 g/mol. The lowest BCUT2D eigenvalue weighted by molar-refractivity contribution is 0.0527. The number of nitrogens with one attached hydrogen (secondary N) is 2. The SMILES string of the molecule is CC(C)(C)OC(=O)NCCCNC1CC1. The van der Waals surface area contributed by atoms with Crippen LogP contribution < -0.4 is 10.6 Å². The van der Waals surface area contributed by atoms with Crippen molar-refractivity contribution in [2.45, 2.75) is 51.7 Å². The van der Waals surface area contributed by atoms with E-state index in [-0.39, 0.29) is 6.09 Å². The molecule has 1 saturated carbocycles. The van der Waals surface area contributed by atoms with Crippen molar-refractivity contribution in [3.63, 3.8) is 0 Å². The summed E-state index contributed by atoms with van der Waals surface area (Å²) in [7, 11) is 0. The van der Waals surface area contributed by atoms with Gasteiger partial charge in [-0.1, -0.05) is 0 Å². The minimum Gasteiger partial charge on any atom is -0.444 e. The van der Waals surface area contributed by atoms with Crippen molar-refractivity contribution < 1.29 is 9.53 Å². The standard InChI is InChI=1S/C11H22N2O2/c1-11(2,3)15-10(14)13-8-4-7-12-9-5-6-9/h9,12H,4-8H2,1-3H3,(H,13,14). The lowest BCUT2D eigenvalue weighted by atomic mass is 10.2. The van der Waals surface area contributed by atoms with E-state index in [1.165, 1.54) is 12.8 Å². The van der Waals surface area contributed by atoms with Crippen LogP contribution in [-0.4, -0.2) is 30.8 Å². The zero-order chi connectivity index (χ0) is 11.3. The summed E-state index contributed by atoms with van der Waals surface area (Å²) in [4.78, 5) is 11.2. The topological polar surface area (TPSA) is 50.4 Å². The molecule has 4 heteroatoms. The van der Waals surface area contributed by atoms with E-state index in [4.69, 9.17) is 4.74 Å². The molecule has 1 rings (SSSR count). The van der Waals surface area contributed by atoms with Crippen LogP contribution in [-0.2, 0) is 4.74 Å². The second-order valence-electron chi connectivity index (χ2n) is 5.01. The van der Waals surface area contributed by atoms with Gasteiger partial charge in [-0.05, 0) is 46.6 Å². The van der Waals surface area contributed by atoms with E-state index < -0.39 is 5.60 Å². The maximum atomic E-state index is 11.2. The van der Waals surface area contributed by atoms with Gasteiger partial charge in [-0.25, -0.2) is 4.79 Å². The lowest BCUT2D eigenvalue weighted by Gasteiger charge is -2.19. The van der Waals surface area contributed by atoms with Gasteiger partial charge in [0.25, 0.3) is 0 Å². The number of hydrogen-bond donors (Lipinski definition) is 2. The average Bonchev–Trinajstić information content (AvgIpc) is 2.83. The van der Waals surface area contributed by atoms with Gasteiger partial charge in [-0.2, -0.15) is 0 Å². The number of rotatable bonds is 5. The highest BCUT2D eigenvalue weighted by atomic mass is 16.6. The van der Waals surface area contributed by atoms with E-state index in [0.29, 0.717) is 6.54 Å². The summed E-state index contributed by atoms with van der Waals surface area (Å²) >= 11 is 0. The van der Waals surface area contributed by atoms with Crippen LogP contribution in [0.25, 0.3) is 0 Å². The Bertz CT molecular complexity index is 207. The molecule has 4 nitrogen and oxygen atoms in total. The fourth-order valence-corrected chi connectivity index (χ4v) is 1.19. The minimum absolute atomic E-state index is 0.325. The van der Waals surface area contributed by atoms with E-state index in [1.54, 1.807) is 0 Å². The third-order valence-corrected chi connectivity index (χ3v) is 2.03. The van der Waals surface area contributed by atoms with Gasteiger partial charge >= 0.3 is 6.09 Å². The molecule has 0 spiro atoms. The lowest BCUT2D eigenvalue weighted by Crippen LogP contribution is -2.34. The summed E-state index contributed by atoms with van der Waals surface area (Å²) in [5.74, 6) is 0. The average molecular weight is 214 g/mol. The fourth-order valence-electron chi connectivity index (χ4n) is 1.19. The number of carbonyl (C=O) groups excluding carboxylic acids is 1. The first kappa shape index (κ1) is 12.3. The van der Waals surface area contributed by atoms with Gasteiger partial charge in [0, 0.05) is 12.6 Å². The smallest absolute Gasteiger partial charge is 0.407 e. The highest BCUT2D eigenvalue weighted by Crippen LogP contribution is 2.18. The molecule has 1 aliphatic rings. The predicted octanol–water partition coefficient (Wildman–Crippen LogP) is 1.65. The molecule has 0 aromatic carbocycles. The van der Waals surface area contributed by atoms with Gasteiger partial charge in [0.1, 0.15) is 5.60 Å². The molecule has 0 aromatic heterocycles. The molecule has 0 saturated heterocycles. The zero-order valence-electron chi connectivity index (χ0n) is 9.93. The first-order valence-electron chi connectivity index (χ1n) is 5.67. The Labute approximate surface area is 91.8 Å². The van der Waals surface area contributed by atoms with Gasteiger partial charge in [-0.3, -0.25) is 0 Å². The second-order valence-corrected chi connectivity index (χ2v) is 5.01. The summed E-state index contributed by atoms with van der Waals surface area (Å²) < 4.78 is 5.11. The van der Waals surface area contributed by atoms with Crippen LogP contribution in [0.5, 0.6) is 0 Å². The largest absolute Gasteiger partial charge is 0.444 e. The second kappa shape index (κ2) is 5.35. The first-order valence-corrected chi connectivity index (χ1v) is 5.67. The van der Waals surface area contributed by atoms with Crippen molar-refractivity contribution in [3.05, 3.63) is 0 Å². The molecule has 0 heterocycles. The molecule has 0 aliphatic heterocycles. The summed E-state index contributed by atoms with van der Waals surface area (Å²) in [6.07, 6.45) is 3.24. The molecule has 0 radical (unpaired) electrons. The quantitative estimate of drug-likeness (QED) is 0.684. The number of alkyl carbamates (subject to hydrolysis) is 1. The Hall–Kier alpha value is -0.770. The van der Waals surface area contributed by atoms with Crippen molar-refractivity contribution in [2.75, 3.05) is 13.1 Å². The van der Waals surface area contributed by atoms with Gasteiger partial charge in [0.2, 0.25) is 0 Å². The molecule has 88 valence electrons. The maximum absolute atomic E-state index is 11.2. The third-order valence-electron chi connectivity index (χ3n) is 2.03. The number of hydrogen-bond acceptors (Lipinski definition) is 3.